The third kappa shape index (κ3) is 1.72. The molecule has 1 atom stereocenters. The van der Waals surface area contributed by atoms with E-state index in [1.165, 1.54) is 0 Å². The van der Waals surface area contributed by atoms with Crippen molar-refractivity contribution in [3.8, 4) is 11.5 Å². The number of benzene rings is 1. The Morgan fingerprint density at radius 2 is 2.40 bits per heavy atom. The van der Waals surface area contributed by atoms with Crippen LogP contribution in [-0.4, -0.2) is 12.7 Å². The van der Waals surface area contributed by atoms with Gasteiger partial charge in [-0.15, -0.1) is 0 Å². The lowest BCUT2D eigenvalue weighted by atomic mass is 10.1. The first-order chi connectivity index (χ1) is 7.22. The van der Waals surface area contributed by atoms with Crippen LogP contribution in [0.15, 0.2) is 17.3 Å². The summed E-state index contributed by atoms with van der Waals surface area (Å²) in [7, 11) is 0. The van der Waals surface area contributed by atoms with Crippen LogP contribution in [0.4, 0.5) is 5.69 Å². The number of hydrogen-bond acceptors (Lipinski definition) is 5. The molecule has 0 aromatic heterocycles. The molecule has 0 spiro atoms. The van der Waals surface area contributed by atoms with Gasteiger partial charge in [-0.2, -0.15) is 4.91 Å². The molecule has 1 unspecified atom stereocenters. The molecule has 15 heavy (non-hydrogen) atoms. The van der Waals surface area contributed by atoms with Gasteiger partial charge in [0.15, 0.2) is 11.5 Å². The van der Waals surface area contributed by atoms with Gasteiger partial charge >= 0.3 is 0 Å². The van der Waals surface area contributed by atoms with Crippen LogP contribution in [0.5, 0.6) is 11.5 Å². The van der Waals surface area contributed by atoms with Gasteiger partial charge in [-0.25, -0.2) is 0 Å². The van der Waals surface area contributed by atoms with Crippen molar-refractivity contribution in [1.29, 1.82) is 0 Å². The van der Waals surface area contributed by atoms with E-state index >= 15 is 0 Å². The molecule has 1 heterocycles. The molecule has 2 N–H and O–H groups in total. The van der Waals surface area contributed by atoms with Crippen LogP contribution in [0, 0.1) is 4.91 Å². The van der Waals surface area contributed by atoms with Gasteiger partial charge in [-0.1, -0.05) is 5.18 Å². The Labute approximate surface area is 87.1 Å². The van der Waals surface area contributed by atoms with E-state index in [9.17, 15) is 4.91 Å². The van der Waals surface area contributed by atoms with Crippen molar-refractivity contribution in [2.24, 2.45) is 5.18 Å². The topological polar surface area (TPSA) is 73.9 Å². The first-order valence-corrected chi connectivity index (χ1v) is 4.72. The molecule has 1 aromatic rings. The van der Waals surface area contributed by atoms with Crippen molar-refractivity contribution in [1.82, 2.24) is 0 Å². The first kappa shape index (κ1) is 9.76. The van der Waals surface area contributed by atoms with Crippen LogP contribution in [0.25, 0.3) is 0 Å². The van der Waals surface area contributed by atoms with E-state index in [1.807, 2.05) is 6.92 Å². The standard InChI is InChI=1S/C10H12N2O3/c1-6-5-14-9-3-2-8(11)7(4-12-13)10(9)15-6/h2-3,6H,4-5,11H2,1H3. The van der Waals surface area contributed by atoms with Crippen molar-refractivity contribution >= 4 is 5.69 Å². The Hall–Kier alpha value is -1.78. The number of nitrogens with zero attached hydrogens (tertiary/aromatic N) is 1. The third-order valence-electron chi connectivity index (χ3n) is 2.28. The summed E-state index contributed by atoms with van der Waals surface area (Å²) in [6.07, 6.45) is -0.0373. The van der Waals surface area contributed by atoms with Crippen LogP contribution in [0.1, 0.15) is 12.5 Å². The summed E-state index contributed by atoms with van der Waals surface area (Å²) in [6, 6.07) is 3.43. The molecule has 0 radical (unpaired) electrons. The highest BCUT2D eigenvalue weighted by molar-refractivity contribution is 5.61. The van der Waals surface area contributed by atoms with Gasteiger partial charge in [0, 0.05) is 11.3 Å². The maximum absolute atomic E-state index is 10.3. The number of nitrogens with two attached hydrogens (primary N) is 1. The highest BCUT2D eigenvalue weighted by Gasteiger charge is 2.22. The summed E-state index contributed by atoms with van der Waals surface area (Å²) in [5, 5.41) is 2.83. The lowest BCUT2D eigenvalue weighted by Gasteiger charge is -2.26. The van der Waals surface area contributed by atoms with Gasteiger partial charge in [0.25, 0.3) is 0 Å². The van der Waals surface area contributed by atoms with Crippen molar-refractivity contribution in [3.05, 3.63) is 22.6 Å². The fourth-order valence-corrected chi connectivity index (χ4v) is 1.53. The molecule has 0 fully saturated rings. The van der Waals surface area contributed by atoms with E-state index in [1.54, 1.807) is 12.1 Å². The van der Waals surface area contributed by atoms with Gasteiger partial charge in [-0.05, 0) is 19.1 Å². The third-order valence-corrected chi connectivity index (χ3v) is 2.28. The lowest BCUT2D eigenvalue weighted by Crippen LogP contribution is -2.26. The molecule has 5 nitrogen and oxygen atoms in total. The zero-order chi connectivity index (χ0) is 10.8. The quantitative estimate of drug-likeness (QED) is 0.593. The summed E-state index contributed by atoms with van der Waals surface area (Å²) >= 11 is 0. The Morgan fingerprint density at radius 3 is 3.13 bits per heavy atom. The largest absolute Gasteiger partial charge is 0.486 e. The number of fused-ring (bicyclic) bond motifs is 1. The van der Waals surface area contributed by atoms with Gasteiger partial charge in [0.2, 0.25) is 0 Å². The molecule has 5 heteroatoms. The maximum Gasteiger partial charge on any atom is 0.169 e. The molecule has 80 valence electrons. The highest BCUT2D eigenvalue weighted by Crippen LogP contribution is 2.38. The molecule has 1 aliphatic heterocycles. The van der Waals surface area contributed by atoms with Gasteiger partial charge < -0.3 is 15.2 Å². The minimum Gasteiger partial charge on any atom is -0.486 e. The molecule has 1 aliphatic rings. The number of nitroso groups, excluding NO2 is 1. The summed E-state index contributed by atoms with van der Waals surface area (Å²) in [5.74, 6) is 1.18. The minimum absolute atomic E-state index is 0.00505. The van der Waals surface area contributed by atoms with Crippen molar-refractivity contribution < 1.29 is 9.47 Å². The number of anilines is 1. The maximum atomic E-state index is 10.3. The Balaban J connectivity index is 2.47. The number of nitrogen functional groups attached to an aromatic ring is 1. The monoisotopic (exact) mass is 208 g/mol. The van der Waals surface area contributed by atoms with E-state index in [0.29, 0.717) is 29.4 Å². The van der Waals surface area contributed by atoms with Gasteiger partial charge in [-0.3, -0.25) is 0 Å². The Morgan fingerprint density at radius 1 is 1.60 bits per heavy atom. The summed E-state index contributed by atoms with van der Waals surface area (Å²) in [6.45, 7) is 2.40. The van der Waals surface area contributed by atoms with Crippen LogP contribution < -0.4 is 15.2 Å². The summed E-state index contributed by atoms with van der Waals surface area (Å²) in [5.41, 5.74) is 6.85. The average Bonchev–Trinajstić information content (AvgIpc) is 2.23. The predicted molar refractivity (Wildman–Crippen MR) is 55.9 cm³/mol. The van der Waals surface area contributed by atoms with Crippen molar-refractivity contribution in [2.75, 3.05) is 12.3 Å². The van der Waals surface area contributed by atoms with Crippen LogP contribution >= 0.6 is 0 Å². The van der Waals surface area contributed by atoms with Crippen molar-refractivity contribution in [2.45, 2.75) is 19.6 Å². The fourth-order valence-electron chi connectivity index (χ4n) is 1.53. The second kappa shape index (κ2) is 3.76. The van der Waals surface area contributed by atoms with Gasteiger partial charge in [0.05, 0.1) is 0 Å². The summed E-state index contributed by atoms with van der Waals surface area (Å²) in [4.78, 5) is 10.3. The van der Waals surface area contributed by atoms with Gasteiger partial charge in [0.1, 0.15) is 19.3 Å². The number of ether oxygens (including phenoxy) is 2. The molecule has 0 saturated carbocycles. The lowest BCUT2D eigenvalue weighted by molar-refractivity contribution is 0.103. The normalized spacial score (nSPS) is 18.6. The van der Waals surface area contributed by atoms with E-state index in [-0.39, 0.29) is 12.6 Å². The van der Waals surface area contributed by atoms with Crippen LogP contribution in [0.2, 0.25) is 0 Å². The van der Waals surface area contributed by atoms with Crippen LogP contribution in [-0.2, 0) is 6.54 Å². The smallest absolute Gasteiger partial charge is 0.169 e. The predicted octanol–water partition coefficient (Wildman–Crippen LogP) is 1.69. The van der Waals surface area contributed by atoms with E-state index in [4.69, 9.17) is 15.2 Å². The van der Waals surface area contributed by atoms with E-state index in [2.05, 4.69) is 5.18 Å². The minimum atomic E-state index is -0.0373. The molecule has 0 saturated heterocycles. The Bertz CT molecular complexity index is 392. The number of hydrogen-bond donors (Lipinski definition) is 1. The number of rotatable bonds is 2. The molecule has 2 rings (SSSR count). The first-order valence-electron chi connectivity index (χ1n) is 4.72. The zero-order valence-corrected chi connectivity index (χ0v) is 8.40. The second-order valence-electron chi connectivity index (χ2n) is 3.49. The highest BCUT2D eigenvalue weighted by atomic mass is 16.6. The molecular weight excluding hydrogens is 196 g/mol. The van der Waals surface area contributed by atoms with Crippen molar-refractivity contribution in [3.63, 3.8) is 0 Å². The molecule has 1 aromatic carbocycles. The zero-order valence-electron chi connectivity index (χ0n) is 8.40. The average molecular weight is 208 g/mol. The molecule has 0 amide bonds. The summed E-state index contributed by atoms with van der Waals surface area (Å²) < 4.78 is 11.0. The molecule has 0 aliphatic carbocycles. The van der Waals surface area contributed by atoms with Crippen LogP contribution in [0.3, 0.4) is 0 Å². The fraction of sp³-hybridized carbons (Fsp3) is 0.400. The van der Waals surface area contributed by atoms with E-state index in [0.717, 1.165) is 0 Å². The SMILES string of the molecule is CC1COc2ccc(N)c(CN=O)c2O1. The molecule has 0 bridgehead atoms. The Kier molecular flexibility index (Phi) is 2.45. The second-order valence-corrected chi connectivity index (χ2v) is 3.49. The van der Waals surface area contributed by atoms with E-state index < -0.39 is 0 Å². The molecular formula is C10H12N2O3.